The second-order valence-corrected chi connectivity index (χ2v) is 7.81. The van der Waals surface area contributed by atoms with Crippen LogP contribution in [0.4, 0.5) is 13.2 Å². The minimum absolute atomic E-state index is 0.109. The zero-order valence-electron chi connectivity index (χ0n) is 18.2. The number of halogens is 3. The summed E-state index contributed by atoms with van der Waals surface area (Å²) in [7, 11) is 0. The van der Waals surface area contributed by atoms with E-state index in [-0.39, 0.29) is 24.5 Å². The summed E-state index contributed by atoms with van der Waals surface area (Å²) in [6.45, 7) is 0.109. The first kappa shape index (κ1) is 24.9. The number of carboxylic acids is 1. The molecule has 6 nitrogen and oxygen atoms in total. The predicted octanol–water partition coefficient (Wildman–Crippen LogP) is 5.33. The SMILES string of the molecule is NC(=CC=O)[C@@H](CC(=O)O)c1ccc(OCc2ccc(OC(F)(F)F)c(C3=CCCC3)c2)cc1. The molecule has 180 valence electrons. The van der Waals surface area contributed by atoms with Gasteiger partial charge in [0.05, 0.1) is 6.42 Å². The summed E-state index contributed by atoms with van der Waals surface area (Å²) in [5.74, 6) is -1.48. The van der Waals surface area contributed by atoms with Gasteiger partial charge in [0.1, 0.15) is 24.4 Å². The molecular formula is C25H24F3NO5. The minimum atomic E-state index is -4.78. The van der Waals surface area contributed by atoms with Crippen LogP contribution < -0.4 is 15.2 Å². The molecule has 1 atom stereocenters. The second-order valence-electron chi connectivity index (χ2n) is 7.81. The second kappa shape index (κ2) is 10.9. The van der Waals surface area contributed by atoms with E-state index in [9.17, 15) is 22.8 Å². The lowest BCUT2D eigenvalue weighted by atomic mass is 9.92. The number of alkyl halides is 3. The van der Waals surface area contributed by atoms with Crippen LogP contribution in [0.5, 0.6) is 11.5 Å². The van der Waals surface area contributed by atoms with Crippen LogP contribution in [0.2, 0.25) is 0 Å². The number of rotatable bonds is 10. The average Bonchev–Trinajstić information content (AvgIpc) is 3.31. The van der Waals surface area contributed by atoms with E-state index in [1.165, 1.54) is 12.1 Å². The number of carbonyl (C=O) groups is 2. The Morgan fingerprint density at radius 2 is 1.91 bits per heavy atom. The third-order valence-electron chi connectivity index (χ3n) is 5.39. The molecule has 3 rings (SSSR count). The summed E-state index contributed by atoms with van der Waals surface area (Å²) in [5.41, 5.74) is 8.48. The number of allylic oxidation sites excluding steroid dienone is 4. The number of nitrogens with two attached hydrogens (primary N) is 1. The van der Waals surface area contributed by atoms with Crippen molar-refractivity contribution in [3.63, 3.8) is 0 Å². The van der Waals surface area contributed by atoms with Crippen LogP contribution >= 0.6 is 0 Å². The van der Waals surface area contributed by atoms with Gasteiger partial charge in [-0.05, 0) is 66.3 Å². The maximum Gasteiger partial charge on any atom is 0.573 e. The molecule has 0 unspecified atom stereocenters. The normalized spacial score (nSPS) is 14.9. The molecule has 9 heteroatoms. The molecule has 0 saturated heterocycles. The van der Waals surface area contributed by atoms with E-state index < -0.39 is 18.2 Å². The van der Waals surface area contributed by atoms with Gasteiger partial charge in [0, 0.05) is 17.2 Å². The van der Waals surface area contributed by atoms with Gasteiger partial charge in [-0.2, -0.15) is 0 Å². The Morgan fingerprint density at radius 3 is 2.50 bits per heavy atom. The summed E-state index contributed by atoms with van der Waals surface area (Å²) in [6, 6.07) is 11.0. The van der Waals surface area contributed by atoms with Gasteiger partial charge >= 0.3 is 12.3 Å². The molecule has 3 N–H and O–H groups in total. The van der Waals surface area contributed by atoms with Gasteiger partial charge in [-0.1, -0.05) is 24.3 Å². The molecule has 1 aliphatic rings. The third kappa shape index (κ3) is 6.87. The Morgan fingerprint density at radius 1 is 1.18 bits per heavy atom. The summed E-state index contributed by atoms with van der Waals surface area (Å²) < 4.78 is 48.4. The van der Waals surface area contributed by atoms with Gasteiger partial charge in [-0.3, -0.25) is 9.59 Å². The standard InChI is InChI=1S/C25H24F3NO5/c26-25(27,28)34-23-10-5-16(13-21(23)17-3-1-2-4-17)15-33-19-8-6-18(7-9-19)20(14-24(31)32)22(29)11-12-30/h3,5-13,20H,1-2,4,14-15,29H2,(H,31,32)/t20-/m0/s1. The number of benzene rings is 2. The van der Waals surface area contributed by atoms with E-state index in [2.05, 4.69) is 4.74 Å². The largest absolute Gasteiger partial charge is 0.573 e. The molecule has 34 heavy (non-hydrogen) atoms. The van der Waals surface area contributed by atoms with Crippen molar-refractivity contribution in [1.29, 1.82) is 0 Å². The zero-order chi connectivity index (χ0) is 24.7. The molecule has 0 saturated carbocycles. The summed E-state index contributed by atoms with van der Waals surface area (Å²) >= 11 is 0. The number of hydrogen-bond acceptors (Lipinski definition) is 5. The van der Waals surface area contributed by atoms with E-state index in [1.54, 1.807) is 30.3 Å². The number of aldehydes is 1. The van der Waals surface area contributed by atoms with Crippen LogP contribution in [0, 0.1) is 0 Å². The molecular weight excluding hydrogens is 451 g/mol. The Hall–Kier alpha value is -3.75. The molecule has 2 aromatic carbocycles. The molecule has 0 bridgehead atoms. The van der Waals surface area contributed by atoms with Crippen molar-refractivity contribution in [2.24, 2.45) is 5.73 Å². The Balaban J connectivity index is 1.74. The van der Waals surface area contributed by atoms with Gasteiger partial charge in [0.15, 0.2) is 0 Å². The maximum atomic E-state index is 12.8. The average molecular weight is 475 g/mol. The van der Waals surface area contributed by atoms with Crippen molar-refractivity contribution in [1.82, 2.24) is 0 Å². The Kier molecular flexibility index (Phi) is 7.99. The van der Waals surface area contributed by atoms with E-state index in [0.29, 0.717) is 35.1 Å². The van der Waals surface area contributed by atoms with Crippen molar-refractivity contribution in [2.45, 2.75) is 44.6 Å². The maximum absolute atomic E-state index is 12.8. The lowest BCUT2D eigenvalue weighted by molar-refractivity contribution is -0.274. The van der Waals surface area contributed by atoms with Crippen LogP contribution in [-0.4, -0.2) is 23.7 Å². The predicted molar refractivity (Wildman–Crippen MR) is 119 cm³/mol. The molecule has 0 aromatic heterocycles. The number of carbonyl (C=O) groups excluding carboxylic acids is 1. The molecule has 0 spiro atoms. The first-order valence-electron chi connectivity index (χ1n) is 10.6. The van der Waals surface area contributed by atoms with Gasteiger partial charge in [0.25, 0.3) is 0 Å². The number of carboxylic acid groups (broad SMARTS) is 1. The van der Waals surface area contributed by atoms with Crippen LogP contribution in [0.3, 0.4) is 0 Å². The van der Waals surface area contributed by atoms with Crippen LogP contribution in [0.15, 0.2) is 60.3 Å². The minimum Gasteiger partial charge on any atom is -0.489 e. The van der Waals surface area contributed by atoms with Crippen molar-refractivity contribution < 1.29 is 37.3 Å². The third-order valence-corrected chi connectivity index (χ3v) is 5.39. The highest BCUT2D eigenvalue weighted by Crippen LogP contribution is 2.37. The van der Waals surface area contributed by atoms with Crippen molar-refractivity contribution >= 4 is 17.8 Å². The number of ether oxygens (including phenoxy) is 2. The number of hydrogen-bond donors (Lipinski definition) is 2. The van der Waals surface area contributed by atoms with E-state index in [4.69, 9.17) is 15.6 Å². The highest BCUT2D eigenvalue weighted by atomic mass is 19.4. The fraction of sp³-hybridized carbons (Fsp3) is 0.280. The smallest absolute Gasteiger partial charge is 0.489 e. The molecule has 0 heterocycles. The summed E-state index contributed by atoms with van der Waals surface area (Å²) in [4.78, 5) is 21.9. The van der Waals surface area contributed by atoms with Crippen molar-refractivity contribution in [3.8, 4) is 11.5 Å². The van der Waals surface area contributed by atoms with Crippen molar-refractivity contribution in [3.05, 3.63) is 77.0 Å². The van der Waals surface area contributed by atoms with Crippen LogP contribution in [0.1, 0.15) is 48.3 Å². The molecule has 0 fully saturated rings. The fourth-order valence-electron chi connectivity index (χ4n) is 3.81. The molecule has 1 aliphatic carbocycles. The summed E-state index contributed by atoms with van der Waals surface area (Å²) in [6.07, 6.45) is 0.855. The van der Waals surface area contributed by atoms with Gasteiger partial charge in [-0.25, -0.2) is 0 Å². The van der Waals surface area contributed by atoms with Crippen LogP contribution in [-0.2, 0) is 16.2 Å². The lowest BCUT2D eigenvalue weighted by Crippen LogP contribution is -2.18. The molecule has 0 radical (unpaired) electrons. The van der Waals surface area contributed by atoms with Gasteiger partial charge in [-0.15, -0.1) is 13.2 Å². The highest BCUT2D eigenvalue weighted by molar-refractivity contribution is 5.72. The monoisotopic (exact) mass is 475 g/mol. The first-order chi connectivity index (χ1) is 16.2. The zero-order valence-corrected chi connectivity index (χ0v) is 18.2. The molecule has 0 aliphatic heterocycles. The molecule has 0 amide bonds. The Bertz CT molecular complexity index is 1090. The molecule has 2 aromatic rings. The van der Waals surface area contributed by atoms with E-state index in [1.807, 2.05) is 6.08 Å². The summed E-state index contributed by atoms with van der Waals surface area (Å²) in [5, 5.41) is 9.14. The van der Waals surface area contributed by atoms with E-state index >= 15 is 0 Å². The van der Waals surface area contributed by atoms with Crippen molar-refractivity contribution in [2.75, 3.05) is 0 Å². The van der Waals surface area contributed by atoms with E-state index in [0.717, 1.165) is 24.5 Å². The Labute approximate surface area is 194 Å². The fourth-order valence-corrected chi connectivity index (χ4v) is 3.81. The first-order valence-corrected chi connectivity index (χ1v) is 10.6. The highest BCUT2D eigenvalue weighted by Gasteiger charge is 2.32. The topological polar surface area (TPSA) is 98.9 Å². The van der Waals surface area contributed by atoms with Gasteiger partial charge in [0.2, 0.25) is 0 Å². The lowest BCUT2D eigenvalue weighted by Gasteiger charge is -2.17. The van der Waals surface area contributed by atoms with Gasteiger partial charge < -0.3 is 20.3 Å². The van der Waals surface area contributed by atoms with Crippen LogP contribution in [0.25, 0.3) is 5.57 Å². The number of aliphatic carboxylic acids is 1. The quantitative estimate of drug-likeness (QED) is 0.356.